The second kappa shape index (κ2) is 14.4. The van der Waals surface area contributed by atoms with Gasteiger partial charge in [-0.3, -0.25) is 19.4 Å². The number of aryl methyl sites for hydroxylation is 1. The lowest BCUT2D eigenvalue weighted by atomic mass is 9.97. The van der Waals surface area contributed by atoms with Crippen molar-refractivity contribution in [3.05, 3.63) is 65.6 Å². The summed E-state index contributed by atoms with van der Waals surface area (Å²) in [6, 6.07) is 14.3. The number of hydrogen-bond acceptors (Lipinski definition) is 6. The van der Waals surface area contributed by atoms with Gasteiger partial charge in [0, 0.05) is 37.3 Å². The van der Waals surface area contributed by atoms with E-state index in [2.05, 4.69) is 52.8 Å². The number of benzene rings is 2. The number of carbonyl (C=O) groups excluding carboxylic acids is 3. The Kier molecular flexibility index (Phi) is 10.1. The number of amides is 3. The molecule has 0 saturated carbocycles. The van der Waals surface area contributed by atoms with Gasteiger partial charge in [0.1, 0.15) is 18.5 Å². The molecule has 254 valence electrons. The lowest BCUT2D eigenvalue weighted by Crippen LogP contribution is -2.54. The summed E-state index contributed by atoms with van der Waals surface area (Å²) >= 11 is 0. The van der Waals surface area contributed by atoms with E-state index in [4.69, 9.17) is 9.98 Å². The molecule has 3 amide bonds. The number of aliphatic hydroxyl groups is 1. The molecular weight excluding hydrogens is 604 g/mol. The van der Waals surface area contributed by atoms with Crippen LogP contribution in [0.15, 0.2) is 59.2 Å². The van der Waals surface area contributed by atoms with Crippen molar-refractivity contribution in [2.45, 2.75) is 90.8 Å². The molecule has 3 aliphatic heterocycles. The van der Waals surface area contributed by atoms with Crippen molar-refractivity contribution >= 4 is 34.5 Å². The van der Waals surface area contributed by atoms with Gasteiger partial charge < -0.3 is 25.2 Å². The molecule has 3 aliphatic rings. The molecule has 10 nitrogen and oxygen atoms in total. The Morgan fingerprint density at radius 2 is 1.60 bits per heavy atom. The van der Waals surface area contributed by atoms with Gasteiger partial charge in [-0.25, -0.2) is 4.98 Å². The highest BCUT2D eigenvalue weighted by atomic mass is 16.3. The molecule has 4 heterocycles. The molecule has 0 radical (unpaired) electrons. The molecular formula is C38H48N6O4. The van der Waals surface area contributed by atoms with E-state index in [0.29, 0.717) is 6.54 Å². The van der Waals surface area contributed by atoms with Crippen LogP contribution < -0.4 is 5.32 Å². The van der Waals surface area contributed by atoms with Crippen LogP contribution in [0, 0.1) is 11.8 Å². The predicted molar refractivity (Wildman–Crippen MR) is 187 cm³/mol. The molecule has 0 aliphatic carbocycles. The van der Waals surface area contributed by atoms with Gasteiger partial charge in [0.05, 0.1) is 23.1 Å². The Morgan fingerprint density at radius 3 is 2.29 bits per heavy atom. The van der Waals surface area contributed by atoms with Crippen molar-refractivity contribution in [1.29, 1.82) is 0 Å². The first-order chi connectivity index (χ1) is 23.1. The maximum Gasteiger partial charge on any atom is 0.246 e. The van der Waals surface area contributed by atoms with Crippen LogP contribution in [0.3, 0.4) is 0 Å². The smallest absolute Gasteiger partial charge is 0.246 e. The van der Waals surface area contributed by atoms with Gasteiger partial charge in [0.2, 0.25) is 17.7 Å². The Hall–Kier alpha value is -4.31. The van der Waals surface area contributed by atoms with Crippen molar-refractivity contribution in [1.82, 2.24) is 25.1 Å². The summed E-state index contributed by atoms with van der Waals surface area (Å²) < 4.78 is 0. The van der Waals surface area contributed by atoms with E-state index < -0.39 is 18.6 Å². The van der Waals surface area contributed by atoms with Gasteiger partial charge in [-0.15, -0.1) is 0 Å². The summed E-state index contributed by atoms with van der Waals surface area (Å²) in [6.45, 7) is 8.52. The number of fused-ring (bicyclic) bond motifs is 1. The maximum absolute atomic E-state index is 13.4. The van der Waals surface area contributed by atoms with Crippen molar-refractivity contribution in [2.75, 3.05) is 19.7 Å². The molecule has 3 unspecified atom stereocenters. The van der Waals surface area contributed by atoms with Gasteiger partial charge >= 0.3 is 0 Å². The minimum Gasteiger partial charge on any atom is -0.387 e. The zero-order valence-corrected chi connectivity index (χ0v) is 28.5. The molecule has 3 N–H and O–H groups in total. The molecule has 1 aromatic heterocycles. The first-order valence-electron chi connectivity index (χ1n) is 17.5. The zero-order valence-electron chi connectivity index (χ0n) is 28.5. The quantitative estimate of drug-likeness (QED) is 0.258. The van der Waals surface area contributed by atoms with Gasteiger partial charge in [-0.1, -0.05) is 58.0 Å². The highest BCUT2D eigenvalue weighted by Crippen LogP contribution is 2.34. The van der Waals surface area contributed by atoms with Gasteiger partial charge in [-0.05, 0) is 78.8 Å². The van der Waals surface area contributed by atoms with E-state index in [-0.39, 0.29) is 35.7 Å². The molecule has 0 spiro atoms. The van der Waals surface area contributed by atoms with Crippen molar-refractivity contribution in [3.8, 4) is 11.1 Å². The number of nitrogens with one attached hydrogen (secondary N) is 2. The number of allylic oxidation sites excluding steroid dienone is 1. The number of carbonyl (C=O) groups is 3. The Morgan fingerprint density at radius 1 is 0.917 bits per heavy atom. The normalized spacial score (nSPS) is 20.1. The van der Waals surface area contributed by atoms with E-state index in [1.807, 2.05) is 43.7 Å². The van der Waals surface area contributed by atoms with Gasteiger partial charge in [-0.2, -0.15) is 0 Å². The molecule has 48 heavy (non-hydrogen) atoms. The van der Waals surface area contributed by atoms with Crippen molar-refractivity contribution in [2.24, 2.45) is 16.8 Å². The number of nitrogens with zero attached hydrogens (tertiary/aromatic N) is 4. The fourth-order valence-electron chi connectivity index (χ4n) is 7.33. The lowest BCUT2D eigenvalue weighted by molar-refractivity contribution is -0.138. The second-order valence-corrected chi connectivity index (χ2v) is 14.1. The lowest BCUT2D eigenvalue weighted by Gasteiger charge is -2.31. The SMILES string of the molecule is CC(C)C(=O)N1CCCC1c1nc2ccc(-c3ccc(CCC4=CN=C(C5CCCN5C(=O)C(NC(=O)CO)C(C)C)C4)cc3)cc2[nH]1. The number of aromatic amines is 1. The predicted octanol–water partition coefficient (Wildman–Crippen LogP) is 5.33. The molecule has 10 heteroatoms. The number of aliphatic hydroxyl groups excluding tert-OH is 1. The van der Waals surface area contributed by atoms with E-state index in [1.54, 1.807) is 0 Å². The number of rotatable bonds is 11. The topological polar surface area (TPSA) is 131 Å². The third kappa shape index (κ3) is 7.09. The van der Waals surface area contributed by atoms with Gasteiger partial charge in [0.25, 0.3) is 0 Å². The summed E-state index contributed by atoms with van der Waals surface area (Å²) in [4.78, 5) is 55.0. The first kappa shape index (κ1) is 33.6. The Bertz CT molecular complexity index is 1720. The van der Waals surface area contributed by atoms with Crippen LogP contribution in [0.1, 0.15) is 83.6 Å². The van der Waals surface area contributed by atoms with E-state index >= 15 is 0 Å². The maximum atomic E-state index is 13.4. The van der Waals surface area contributed by atoms with Crippen LogP contribution in [-0.2, 0) is 20.8 Å². The Labute approximate surface area is 282 Å². The molecule has 3 atom stereocenters. The summed E-state index contributed by atoms with van der Waals surface area (Å²) in [7, 11) is 0. The first-order valence-corrected chi connectivity index (χ1v) is 17.5. The summed E-state index contributed by atoms with van der Waals surface area (Å²) in [5.41, 5.74) is 7.70. The Balaban J connectivity index is 1.04. The van der Waals surface area contributed by atoms with Crippen LogP contribution in [0.4, 0.5) is 0 Å². The molecule has 2 fully saturated rings. The molecule has 0 bridgehead atoms. The van der Waals surface area contributed by atoms with E-state index in [0.717, 1.165) is 85.2 Å². The highest BCUT2D eigenvalue weighted by molar-refractivity contribution is 5.98. The number of aliphatic imine (C=N–C) groups is 1. The summed E-state index contributed by atoms with van der Waals surface area (Å²) in [5.74, 6) is 0.313. The van der Waals surface area contributed by atoms with Crippen molar-refractivity contribution < 1.29 is 19.5 Å². The molecule has 2 saturated heterocycles. The van der Waals surface area contributed by atoms with Gasteiger partial charge in [0.15, 0.2) is 0 Å². The number of hydrogen-bond donors (Lipinski definition) is 3. The fourth-order valence-corrected chi connectivity index (χ4v) is 7.33. The molecule has 3 aromatic rings. The number of likely N-dealkylation sites (tertiary alicyclic amines) is 2. The minimum atomic E-state index is -0.661. The fraction of sp³-hybridized carbons (Fsp3) is 0.500. The highest BCUT2D eigenvalue weighted by Gasteiger charge is 2.38. The van der Waals surface area contributed by atoms with E-state index in [1.165, 1.54) is 11.1 Å². The largest absolute Gasteiger partial charge is 0.387 e. The number of aromatic nitrogens is 2. The van der Waals surface area contributed by atoms with E-state index in [9.17, 15) is 19.5 Å². The zero-order chi connectivity index (χ0) is 33.9. The third-order valence-electron chi connectivity index (χ3n) is 10.0. The average Bonchev–Trinajstić information content (AvgIpc) is 3.91. The standard InChI is InChI=1S/C38H48N6O4/c1-23(2)35(42-34(46)22-45)38(48)43-17-5-7-32(43)31-19-26(21-39-31)10-9-25-11-13-27(14-12-25)28-15-16-29-30(20-28)41-36(40-29)33-8-6-18-44(33)37(47)24(3)4/h11-16,20-21,23-24,32-33,35,45H,5-10,17-19,22H2,1-4H3,(H,40,41)(H,42,46). The molecule has 6 rings (SSSR count). The number of H-pyrrole nitrogens is 1. The van der Waals surface area contributed by atoms with Crippen LogP contribution in [-0.4, -0.2) is 80.1 Å². The van der Waals surface area contributed by atoms with Crippen LogP contribution in [0.25, 0.3) is 22.2 Å². The van der Waals surface area contributed by atoms with Crippen LogP contribution >= 0.6 is 0 Å². The third-order valence-corrected chi connectivity index (χ3v) is 10.0. The van der Waals surface area contributed by atoms with Crippen LogP contribution in [0.2, 0.25) is 0 Å². The summed E-state index contributed by atoms with van der Waals surface area (Å²) in [5, 5.41) is 11.9. The average molecular weight is 653 g/mol. The minimum absolute atomic E-state index is 0.00921. The van der Waals surface area contributed by atoms with Crippen molar-refractivity contribution in [3.63, 3.8) is 0 Å². The monoisotopic (exact) mass is 652 g/mol. The van der Waals surface area contributed by atoms with Crippen LogP contribution in [0.5, 0.6) is 0 Å². The second-order valence-electron chi connectivity index (χ2n) is 14.1. The molecule has 2 aromatic carbocycles. The number of imidazole rings is 1. The summed E-state index contributed by atoms with van der Waals surface area (Å²) in [6.07, 6.45) is 8.23.